The number of benzene rings is 2. The van der Waals surface area contributed by atoms with Crippen molar-refractivity contribution in [2.75, 3.05) is 0 Å². The fourth-order valence-corrected chi connectivity index (χ4v) is 2.81. The molecule has 2 aromatic carbocycles. The molecule has 4 aromatic rings. The molecule has 0 saturated heterocycles. The number of nitrogens with one attached hydrogen (secondary N) is 2. The maximum atomic E-state index is 5.94. The summed E-state index contributed by atoms with van der Waals surface area (Å²) in [5.41, 5.74) is 2.92. The largest absolute Gasteiger partial charge is 0.361 e. The zero-order chi connectivity index (χ0) is 16.5. The van der Waals surface area contributed by atoms with E-state index < -0.39 is 0 Å². The third-order valence-corrected chi connectivity index (χ3v) is 4.20. The molecule has 0 atom stereocenters. The lowest BCUT2D eigenvalue weighted by molar-refractivity contribution is 0.872. The van der Waals surface area contributed by atoms with Crippen LogP contribution in [0.4, 0.5) is 0 Å². The monoisotopic (exact) mass is 353 g/mol. The summed E-state index contributed by atoms with van der Waals surface area (Å²) in [6.07, 6.45) is 3.68. The van der Waals surface area contributed by atoms with Gasteiger partial charge in [-0.15, -0.1) is 0 Å². The first-order valence-electron chi connectivity index (χ1n) is 7.26. The van der Waals surface area contributed by atoms with Gasteiger partial charge in [-0.25, -0.2) is 5.10 Å². The molecule has 5 nitrogen and oxygen atoms in total. The van der Waals surface area contributed by atoms with Gasteiger partial charge < -0.3 is 4.98 Å². The molecule has 0 radical (unpaired) electrons. The Balaban J connectivity index is 1.76. The number of hydrogen-bond acceptors (Lipinski definition) is 3. The van der Waals surface area contributed by atoms with Gasteiger partial charge in [-0.3, -0.25) is 0 Å². The van der Waals surface area contributed by atoms with E-state index in [2.05, 4.69) is 20.3 Å². The molecule has 7 heteroatoms. The van der Waals surface area contributed by atoms with Crippen LogP contribution in [0.3, 0.4) is 0 Å². The van der Waals surface area contributed by atoms with Crippen LogP contribution in [0.15, 0.2) is 59.8 Å². The third-order valence-electron chi connectivity index (χ3n) is 3.69. The molecule has 0 aliphatic rings. The Labute approximate surface area is 147 Å². The molecule has 0 aliphatic carbocycles. The quantitative estimate of drug-likeness (QED) is 0.417. The minimum absolute atomic E-state index is 0.427. The summed E-state index contributed by atoms with van der Waals surface area (Å²) in [6.45, 7) is 0. The van der Waals surface area contributed by atoms with Crippen LogP contribution in [0.2, 0.25) is 5.02 Å². The van der Waals surface area contributed by atoms with Crippen molar-refractivity contribution >= 4 is 40.9 Å². The molecular weight excluding hydrogens is 342 g/mol. The van der Waals surface area contributed by atoms with E-state index in [1.165, 1.54) is 0 Å². The first kappa shape index (κ1) is 14.9. The summed E-state index contributed by atoms with van der Waals surface area (Å²) >= 11 is 11.2. The number of nitrogens with zero attached hydrogens (tertiary/aromatic N) is 3. The highest BCUT2D eigenvalue weighted by Crippen LogP contribution is 2.20. The summed E-state index contributed by atoms with van der Waals surface area (Å²) < 4.78 is 2.02. The van der Waals surface area contributed by atoms with Crippen LogP contribution < -0.4 is 0 Å². The number of H-pyrrole nitrogens is 2. The minimum Gasteiger partial charge on any atom is -0.361 e. The molecule has 0 unspecified atom stereocenters. The Morgan fingerprint density at radius 3 is 2.75 bits per heavy atom. The van der Waals surface area contributed by atoms with E-state index in [0.29, 0.717) is 15.6 Å². The summed E-state index contributed by atoms with van der Waals surface area (Å²) in [6, 6.07) is 15.4. The second-order valence-corrected chi connectivity index (χ2v) is 6.03. The van der Waals surface area contributed by atoms with Crippen LogP contribution in [0.5, 0.6) is 0 Å². The number of hydrogen-bond donors (Lipinski definition) is 2. The average molecular weight is 354 g/mol. The van der Waals surface area contributed by atoms with E-state index in [-0.39, 0.29) is 0 Å². The van der Waals surface area contributed by atoms with Crippen molar-refractivity contribution in [3.63, 3.8) is 0 Å². The Bertz CT molecular complexity index is 1090. The Morgan fingerprint density at radius 1 is 1.12 bits per heavy atom. The molecule has 2 N–H and O–H groups in total. The topological polar surface area (TPSA) is 61.8 Å². The van der Waals surface area contributed by atoms with E-state index in [0.717, 1.165) is 22.0 Å². The fraction of sp³-hybridized carbons (Fsp3) is 0. The van der Waals surface area contributed by atoms with Crippen molar-refractivity contribution in [2.45, 2.75) is 0 Å². The van der Waals surface area contributed by atoms with Crippen molar-refractivity contribution in [3.8, 4) is 11.4 Å². The number of fused-ring (bicyclic) bond motifs is 1. The molecule has 0 saturated carbocycles. The highest BCUT2D eigenvalue weighted by molar-refractivity contribution is 7.71. The molecule has 2 heterocycles. The second-order valence-electron chi connectivity index (χ2n) is 5.21. The highest BCUT2D eigenvalue weighted by atomic mass is 35.5. The molecule has 24 heavy (non-hydrogen) atoms. The van der Waals surface area contributed by atoms with E-state index in [1.54, 1.807) is 10.9 Å². The lowest BCUT2D eigenvalue weighted by Crippen LogP contribution is -1.94. The standard InChI is InChI=1S/C17H12ClN5S/c18-13-7-5-11(6-8-13)16-21-22-17(24)23(16)20-10-12-9-19-15-4-2-1-3-14(12)15/h1-10,19H,(H,22,24)/b20-10+. The van der Waals surface area contributed by atoms with Gasteiger partial charge in [0.25, 0.3) is 0 Å². The zero-order valence-corrected chi connectivity index (χ0v) is 14.0. The molecule has 0 bridgehead atoms. The second kappa shape index (κ2) is 6.07. The summed E-state index contributed by atoms with van der Waals surface area (Å²) in [4.78, 5) is 3.22. The molecule has 0 amide bonds. The van der Waals surface area contributed by atoms with Gasteiger partial charge in [-0.1, -0.05) is 29.8 Å². The van der Waals surface area contributed by atoms with Crippen LogP contribution in [-0.4, -0.2) is 26.1 Å². The van der Waals surface area contributed by atoms with Gasteiger partial charge in [0.05, 0.1) is 6.21 Å². The van der Waals surface area contributed by atoms with Crippen molar-refractivity contribution in [1.82, 2.24) is 19.9 Å². The van der Waals surface area contributed by atoms with Gasteiger partial charge in [0.1, 0.15) is 0 Å². The Morgan fingerprint density at radius 2 is 1.92 bits per heavy atom. The first-order chi connectivity index (χ1) is 11.7. The van der Waals surface area contributed by atoms with Crippen LogP contribution in [0.25, 0.3) is 22.3 Å². The van der Waals surface area contributed by atoms with Crippen LogP contribution >= 0.6 is 23.8 Å². The van der Waals surface area contributed by atoms with E-state index in [1.807, 2.05) is 54.7 Å². The molecule has 2 aromatic heterocycles. The van der Waals surface area contributed by atoms with Crippen molar-refractivity contribution in [2.24, 2.45) is 5.10 Å². The number of aromatic nitrogens is 4. The maximum absolute atomic E-state index is 5.94. The van der Waals surface area contributed by atoms with Crippen LogP contribution in [-0.2, 0) is 0 Å². The smallest absolute Gasteiger partial charge is 0.216 e. The summed E-state index contributed by atoms with van der Waals surface area (Å²) in [5.74, 6) is 0.632. The SMILES string of the molecule is S=c1[nH]nc(-c2ccc(Cl)cc2)n1/N=C/c1c[nH]c2ccccc12. The van der Waals surface area contributed by atoms with Crippen LogP contribution in [0.1, 0.15) is 5.56 Å². The molecule has 0 fully saturated rings. The Kier molecular flexibility index (Phi) is 3.76. The maximum Gasteiger partial charge on any atom is 0.216 e. The van der Waals surface area contributed by atoms with E-state index in [4.69, 9.17) is 23.8 Å². The summed E-state index contributed by atoms with van der Waals surface area (Å²) in [5, 5.41) is 13.3. The first-order valence-corrected chi connectivity index (χ1v) is 8.05. The number of aromatic amines is 2. The molecular formula is C17H12ClN5S. The van der Waals surface area contributed by atoms with Crippen molar-refractivity contribution in [1.29, 1.82) is 0 Å². The van der Waals surface area contributed by atoms with Gasteiger partial charge in [-0.2, -0.15) is 14.9 Å². The fourth-order valence-electron chi connectivity index (χ4n) is 2.51. The molecule has 118 valence electrons. The predicted octanol–water partition coefficient (Wildman–Crippen LogP) is 4.62. The van der Waals surface area contributed by atoms with Crippen molar-refractivity contribution < 1.29 is 0 Å². The molecule has 4 rings (SSSR count). The summed E-state index contributed by atoms with van der Waals surface area (Å²) in [7, 11) is 0. The van der Waals surface area contributed by atoms with Gasteiger partial charge in [-0.05, 0) is 42.5 Å². The third kappa shape index (κ3) is 2.66. The zero-order valence-electron chi connectivity index (χ0n) is 12.4. The predicted molar refractivity (Wildman–Crippen MR) is 99.1 cm³/mol. The van der Waals surface area contributed by atoms with Gasteiger partial charge >= 0.3 is 0 Å². The van der Waals surface area contributed by atoms with E-state index >= 15 is 0 Å². The van der Waals surface area contributed by atoms with E-state index in [9.17, 15) is 0 Å². The minimum atomic E-state index is 0.427. The number of halogens is 1. The molecule has 0 aliphatic heterocycles. The van der Waals surface area contributed by atoms with Crippen molar-refractivity contribution in [3.05, 3.63) is 70.1 Å². The highest BCUT2D eigenvalue weighted by Gasteiger charge is 2.08. The Hall–Kier alpha value is -2.70. The van der Waals surface area contributed by atoms with Gasteiger partial charge in [0, 0.05) is 33.2 Å². The normalized spacial score (nSPS) is 11.5. The van der Waals surface area contributed by atoms with Gasteiger partial charge in [0.2, 0.25) is 4.77 Å². The number of rotatable bonds is 3. The van der Waals surface area contributed by atoms with Gasteiger partial charge in [0.15, 0.2) is 5.82 Å². The van der Waals surface area contributed by atoms with Crippen LogP contribution in [0, 0.1) is 4.77 Å². The lowest BCUT2D eigenvalue weighted by Gasteiger charge is -2.01. The lowest BCUT2D eigenvalue weighted by atomic mass is 10.2. The molecule has 0 spiro atoms. The average Bonchev–Trinajstić information content (AvgIpc) is 3.17. The number of para-hydroxylation sites is 1.